The van der Waals surface area contributed by atoms with E-state index in [1.54, 1.807) is 17.0 Å². The molecule has 290 valence electrons. The van der Waals surface area contributed by atoms with Gasteiger partial charge in [-0.3, -0.25) is 24.6 Å². The molecule has 3 amide bonds. The molecule has 4 aromatic carbocycles. The second-order valence-corrected chi connectivity index (χ2v) is 15.9. The maximum absolute atomic E-state index is 13.2. The van der Waals surface area contributed by atoms with E-state index in [-0.39, 0.29) is 29.9 Å². The second kappa shape index (κ2) is 16.8. The molecule has 2 N–H and O–H groups in total. The fourth-order valence-electron chi connectivity index (χ4n) is 9.07. The Bertz CT molecular complexity index is 2060. The number of nitrogens with one attached hydrogen (secondary N) is 1. The summed E-state index contributed by atoms with van der Waals surface area (Å²) in [6.45, 7) is 9.80. The van der Waals surface area contributed by atoms with Crippen LogP contribution in [0.2, 0.25) is 0 Å². The van der Waals surface area contributed by atoms with Gasteiger partial charge in [-0.1, -0.05) is 67.9 Å². The summed E-state index contributed by atoms with van der Waals surface area (Å²) in [5, 5.41) is 12.5. The number of amides is 3. The van der Waals surface area contributed by atoms with E-state index < -0.39 is 6.04 Å². The van der Waals surface area contributed by atoms with Crippen molar-refractivity contribution in [2.24, 2.45) is 5.92 Å². The number of benzene rings is 4. The minimum Gasteiger partial charge on any atom is -0.508 e. The zero-order valence-electron chi connectivity index (χ0n) is 32.5. The summed E-state index contributed by atoms with van der Waals surface area (Å²) in [5.41, 5.74) is 10.2. The molecule has 0 unspecified atom stereocenters. The highest BCUT2D eigenvalue weighted by molar-refractivity contribution is 6.05. The van der Waals surface area contributed by atoms with Crippen molar-refractivity contribution < 1.29 is 19.5 Å². The lowest BCUT2D eigenvalue weighted by Crippen LogP contribution is -2.52. The molecule has 56 heavy (non-hydrogen) atoms. The van der Waals surface area contributed by atoms with E-state index in [1.165, 1.54) is 40.8 Å². The number of carbonyl (C=O) groups excluding carboxylic acids is 3. The molecule has 0 aliphatic carbocycles. The quantitative estimate of drug-likeness (QED) is 0.122. The molecule has 0 spiro atoms. The molecule has 0 saturated carbocycles. The van der Waals surface area contributed by atoms with E-state index in [1.807, 2.05) is 24.3 Å². The third-order valence-corrected chi connectivity index (χ3v) is 12.3. The van der Waals surface area contributed by atoms with E-state index in [4.69, 9.17) is 0 Å². The Morgan fingerprint density at radius 1 is 0.732 bits per heavy atom. The Balaban J connectivity index is 0.861. The van der Waals surface area contributed by atoms with E-state index in [0.29, 0.717) is 24.4 Å². The third-order valence-electron chi connectivity index (χ3n) is 12.3. The van der Waals surface area contributed by atoms with Crippen molar-refractivity contribution in [3.63, 3.8) is 0 Å². The molecular weight excluding hydrogens is 699 g/mol. The number of phenolic OH excluding ortho intramolecular Hbond substituents is 1. The Morgan fingerprint density at radius 2 is 1.39 bits per heavy atom. The lowest BCUT2D eigenvalue weighted by atomic mass is 9.87. The number of imide groups is 1. The van der Waals surface area contributed by atoms with Crippen LogP contribution in [-0.2, 0) is 16.1 Å². The average molecular weight is 752 g/mol. The molecule has 4 aromatic rings. The van der Waals surface area contributed by atoms with Gasteiger partial charge in [-0.2, -0.15) is 0 Å². The molecule has 9 heteroatoms. The lowest BCUT2D eigenvalue weighted by Gasteiger charge is -2.40. The fourth-order valence-corrected chi connectivity index (χ4v) is 9.07. The van der Waals surface area contributed by atoms with Crippen LogP contribution in [0.4, 0.5) is 11.4 Å². The Morgan fingerprint density at radius 3 is 2.07 bits per heavy atom. The van der Waals surface area contributed by atoms with Crippen LogP contribution in [0.5, 0.6) is 5.75 Å². The van der Waals surface area contributed by atoms with Crippen molar-refractivity contribution in [1.29, 1.82) is 0 Å². The van der Waals surface area contributed by atoms with Crippen molar-refractivity contribution >= 4 is 40.2 Å². The second-order valence-electron chi connectivity index (χ2n) is 15.9. The number of fused-ring (bicyclic) bond motifs is 1. The summed E-state index contributed by atoms with van der Waals surface area (Å²) in [5.74, 6) is 0.193. The third kappa shape index (κ3) is 8.10. The molecule has 4 heterocycles. The predicted molar refractivity (Wildman–Crippen MR) is 223 cm³/mol. The average Bonchev–Trinajstić information content (AvgIpc) is 3.55. The van der Waals surface area contributed by atoms with Gasteiger partial charge in [0.2, 0.25) is 11.8 Å². The Kier molecular flexibility index (Phi) is 11.2. The molecule has 3 fully saturated rings. The Labute approximate surface area is 330 Å². The van der Waals surface area contributed by atoms with Gasteiger partial charge in [0.1, 0.15) is 11.8 Å². The first-order valence-electron chi connectivity index (χ1n) is 20.5. The summed E-state index contributed by atoms with van der Waals surface area (Å²) in [6.07, 6.45) is 6.22. The summed E-state index contributed by atoms with van der Waals surface area (Å²) in [7, 11) is 0. The van der Waals surface area contributed by atoms with E-state index >= 15 is 0 Å². The number of allylic oxidation sites excluding steroid dienone is 1. The van der Waals surface area contributed by atoms with Gasteiger partial charge in [-0.05, 0) is 114 Å². The molecule has 3 saturated heterocycles. The fraction of sp³-hybridized carbons (Fsp3) is 0.383. The maximum Gasteiger partial charge on any atom is 0.255 e. The van der Waals surface area contributed by atoms with Gasteiger partial charge in [-0.25, -0.2) is 0 Å². The van der Waals surface area contributed by atoms with Gasteiger partial charge in [0.05, 0.1) is 0 Å². The minimum absolute atomic E-state index is 0.124. The first-order chi connectivity index (χ1) is 27.3. The van der Waals surface area contributed by atoms with Crippen LogP contribution < -0.4 is 15.1 Å². The number of aromatic hydroxyl groups is 1. The van der Waals surface area contributed by atoms with Gasteiger partial charge < -0.3 is 19.8 Å². The summed E-state index contributed by atoms with van der Waals surface area (Å²) in [4.78, 5) is 46.5. The van der Waals surface area contributed by atoms with Gasteiger partial charge >= 0.3 is 0 Å². The normalized spacial score (nSPS) is 19.9. The molecule has 0 bridgehead atoms. The summed E-state index contributed by atoms with van der Waals surface area (Å²) < 4.78 is 0. The van der Waals surface area contributed by atoms with Crippen molar-refractivity contribution in [1.82, 2.24) is 15.1 Å². The van der Waals surface area contributed by atoms with E-state index in [2.05, 4.69) is 87.6 Å². The van der Waals surface area contributed by atoms with Crippen molar-refractivity contribution in [3.05, 3.63) is 125 Å². The van der Waals surface area contributed by atoms with E-state index in [0.717, 1.165) is 81.9 Å². The van der Waals surface area contributed by atoms with E-state index in [9.17, 15) is 19.5 Å². The molecular formula is C47H53N5O4. The van der Waals surface area contributed by atoms with Crippen LogP contribution in [0.15, 0.2) is 97.1 Å². The van der Waals surface area contributed by atoms with Crippen molar-refractivity contribution in [2.75, 3.05) is 55.6 Å². The predicted octanol–water partition coefficient (Wildman–Crippen LogP) is 7.34. The van der Waals surface area contributed by atoms with Crippen LogP contribution in [0, 0.1) is 5.92 Å². The summed E-state index contributed by atoms with van der Waals surface area (Å²) >= 11 is 0. The highest BCUT2D eigenvalue weighted by atomic mass is 16.3. The highest BCUT2D eigenvalue weighted by Gasteiger charge is 2.39. The monoisotopic (exact) mass is 751 g/mol. The number of nitrogens with zero attached hydrogens (tertiary/aromatic N) is 4. The highest BCUT2D eigenvalue weighted by Crippen LogP contribution is 2.37. The summed E-state index contributed by atoms with van der Waals surface area (Å²) in [6, 6.07) is 33.0. The molecule has 1 atom stereocenters. The van der Waals surface area contributed by atoms with Gasteiger partial charge in [0, 0.05) is 75.7 Å². The van der Waals surface area contributed by atoms with Gasteiger partial charge in [-0.15, -0.1) is 0 Å². The number of piperidine rings is 2. The number of hydrogen-bond donors (Lipinski definition) is 2. The number of anilines is 2. The first-order valence-corrected chi connectivity index (χ1v) is 20.5. The van der Waals surface area contributed by atoms with Crippen LogP contribution in [0.25, 0.3) is 11.1 Å². The molecule has 0 radical (unpaired) electrons. The SMILES string of the molecule is CCCC/C(=C(\c1ccc(O)cc1)c1ccc(N2CCC(CN3CCN(c4ccc5c(c4)CN([C@H]4CCC(=O)NC4=O)C5=O)CC3)CC2)cc1)c1ccccc1. The number of carbonyl (C=O) groups is 3. The number of unbranched alkanes of at least 4 members (excludes halogenated alkanes) is 1. The van der Waals surface area contributed by atoms with Gasteiger partial charge in [0.25, 0.3) is 5.91 Å². The van der Waals surface area contributed by atoms with Crippen LogP contribution in [-0.4, -0.2) is 84.5 Å². The number of hydrogen-bond acceptors (Lipinski definition) is 7. The number of phenols is 1. The molecule has 0 aromatic heterocycles. The van der Waals surface area contributed by atoms with Crippen LogP contribution >= 0.6 is 0 Å². The zero-order valence-corrected chi connectivity index (χ0v) is 32.5. The lowest BCUT2D eigenvalue weighted by molar-refractivity contribution is -0.136. The Hall–Kier alpha value is -5.41. The molecule has 9 nitrogen and oxygen atoms in total. The zero-order chi connectivity index (χ0) is 38.6. The molecule has 4 aliphatic heterocycles. The standard InChI is InChI=1S/C47H53N5O4/c1-2-3-9-41(34-7-5-4-6-8-34)45(36-12-17-40(53)18-13-36)35-10-14-38(15-11-35)50-24-22-33(23-25-50)31-49-26-28-51(29-27-49)39-16-19-42-37(30-39)32-52(47(42)56)43-20-21-44(54)48-46(43)55/h4-8,10-19,30,33,43,53H,2-3,9,20-29,31-32H2,1H3,(H,48,54,55)/b45-41+/t43-/m0/s1. The largest absolute Gasteiger partial charge is 0.508 e. The number of rotatable bonds is 11. The first kappa shape index (κ1) is 37.5. The minimum atomic E-state index is -0.589. The van der Waals surface area contributed by atoms with Gasteiger partial charge in [0.15, 0.2) is 0 Å². The number of piperazine rings is 1. The van der Waals surface area contributed by atoms with Crippen molar-refractivity contribution in [2.45, 2.75) is 64.5 Å². The maximum atomic E-state index is 13.2. The topological polar surface area (TPSA) is 96.4 Å². The molecule has 8 rings (SSSR count). The van der Waals surface area contributed by atoms with Crippen molar-refractivity contribution in [3.8, 4) is 5.75 Å². The molecule has 4 aliphatic rings. The smallest absolute Gasteiger partial charge is 0.255 e. The van der Waals surface area contributed by atoms with Crippen LogP contribution in [0.1, 0.15) is 84.5 Å². The van der Waals surface area contributed by atoms with Crippen LogP contribution in [0.3, 0.4) is 0 Å².